The molecule has 0 saturated heterocycles. The van der Waals surface area contributed by atoms with Crippen molar-refractivity contribution in [1.29, 1.82) is 5.26 Å². The molecular formula is C5H6N4O2S. The van der Waals surface area contributed by atoms with Gasteiger partial charge in [-0.1, -0.05) is 0 Å². The Morgan fingerprint density at radius 2 is 2.50 bits per heavy atom. The highest BCUT2D eigenvalue weighted by Gasteiger charge is 2.09. The molecule has 6 nitrogen and oxygen atoms in total. The first kappa shape index (κ1) is 8.55. The molecule has 0 aliphatic heterocycles. The number of hydrogen-bond donors (Lipinski definition) is 2. The Morgan fingerprint density at radius 1 is 1.75 bits per heavy atom. The first-order valence-electron chi connectivity index (χ1n) is 3.01. The van der Waals surface area contributed by atoms with Crippen molar-refractivity contribution < 1.29 is 8.42 Å². The second-order valence-electron chi connectivity index (χ2n) is 1.96. The number of nitrogens with one attached hydrogen (secondary N) is 2. The third kappa shape index (κ3) is 2.25. The van der Waals surface area contributed by atoms with Crippen LogP contribution in [0.3, 0.4) is 0 Å². The van der Waals surface area contributed by atoms with E-state index in [1.54, 1.807) is 0 Å². The maximum atomic E-state index is 10.9. The molecule has 0 aromatic carbocycles. The van der Waals surface area contributed by atoms with Crippen LogP contribution in [0.1, 0.15) is 0 Å². The minimum absolute atomic E-state index is 0.116. The summed E-state index contributed by atoms with van der Waals surface area (Å²) in [4.78, 5) is 6.17. The SMILES string of the molecule is N#CCS(=O)(=O)Nc1ncc[nH]1. The minimum atomic E-state index is -3.56. The fourth-order valence-corrected chi connectivity index (χ4v) is 1.24. The smallest absolute Gasteiger partial charge is 0.248 e. The van der Waals surface area contributed by atoms with Gasteiger partial charge in [0.05, 0.1) is 6.07 Å². The van der Waals surface area contributed by atoms with Crippen molar-refractivity contribution in [2.45, 2.75) is 0 Å². The van der Waals surface area contributed by atoms with Crippen LogP contribution in [-0.4, -0.2) is 24.1 Å². The molecule has 0 amide bonds. The van der Waals surface area contributed by atoms with E-state index in [0.717, 1.165) is 0 Å². The van der Waals surface area contributed by atoms with Gasteiger partial charge >= 0.3 is 0 Å². The molecule has 2 N–H and O–H groups in total. The van der Waals surface area contributed by atoms with Crippen molar-refractivity contribution >= 4 is 16.0 Å². The van der Waals surface area contributed by atoms with Crippen molar-refractivity contribution in [2.75, 3.05) is 10.5 Å². The largest absolute Gasteiger partial charge is 0.330 e. The summed E-state index contributed by atoms with van der Waals surface area (Å²) in [6, 6.07) is 1.53. The van der Waals surface area contributed by atoms with Gasteiger partial charge in [-0.2, -0.15) is 5.26 Å². The molecule has 0 spiro atoms. The molecule has 1 rings (SSSR count). The summed E-state index contributed by atoms with van der Waals surface area (Å²) in [5, 5.41) is 8.13. The van der Waals surface area contributed by atoms with Gasteiger partial charge in [0.1, 0.15) is 0 Å². The van der Waals surface area contributed by atoms with E-state index in [4.69, 9.17) is 5.26 Å². The highest BCUT2D eigenvalue weighted by Crippen LogP contribution is 1.98. The molecule has 1 heterocycles. The Morgan fingerprint density at radius 3 is 3.00 bits per heavy atom. The van der Waals surface area contributed by atoms with Crippen LogP contribution in [0.5, 0.6) is 0 Å². The number of hydrogen-bond acceptors (Lipinski definition) is 4. The lowest BCUT2D eigenvalue weighted by Crippen LogP contribution is -2.16. The second-order valence-corrected chi connectivity index (χ2v) is 3.68. The molecule has 0 unspecified atom stereocenters. The summed E-state index contributed by atoms with van der Waals surface area (Å²) in [7, 11) is -3.56. The fourth-order valence-electron chi connectivity index (χ4n) is 0.589. The molecule has 64 valence electrons. The third-order valence-corrected chi connectivity index (χ3v) is 2.02. The number of rotatable bonds is 3. The fraction of sp³-hybridized carbons (Fsp3) is 0.200. The zero-order valence-corrected chi connectivity index (χ0v) is 6.80. The average molecular weight is 186 g/mol. The van der Waals surface area contributed by atoms with E-state index in [1.807, 2.05) is 0 Å². The zero-order chi connectivity index (χ0) is 9.03. The molecule has 0 radical (unpaired) electrons. The Labute approximate surface area is 69.3 Å². The minimum Gasteiger partial charge on any atom is -0.330 e. The van der Waals surface area contributed by atoms with E-state index in [2.05, 4.69) is 14.7 Å². The molecule has 0 fully saturated rings. The number of sulfonamides is 1. The lowest BCUT2D eigenvalue weighted by molar-refractivity contribution is 0.604. The standard InChI is InChI=1S/C5H6N4O2S/c6-1-4-12(10,11)9-5-7-2-3-8-5/h2-3H,4H2,(H2,7,8,9). The third-order valence-electron chi connectivity index (χ3n) is 1.00. The number of nitriles is 1. The van der Waals surface area contributed by atoms with Crippen LogP contribution in [0, 0.1) is 11.3 Å². The number of aromatic nitrogens is 2. The van der Waals surface area contributed by atoms with Gasteiger partial charge in [0.25, 0.3) is 0 Å². The van der Waals surface area contributed by atoms with Crippen LogP contribution in [-0.2, 0) is 10.0 Å². The molecule has 1 aromatic rings. The van der Waals surface area contributed by atoms with Gasteiger partial charge in [-0.15, -0.1) is 0 Å². The molecule has 7 heteroatoms. The Kier molecular flexibility index (Phi) is 2.30. The highest BCUT2D eigenvalue weighted by molar-refractivity contribution is 7.92. The number of H-pyrrole nitrogens is 1. The maximum Gasteiger partial charge on any atom is 0.248 e. The molecule has 12 heavy (non-hydrogen) atoms. The number of anilines is 1. The molecular weight excluding hydrogens is 180 g/mol. The van der Waals surface area contributed by atoms with Gasteiger partial charge in [0.2, 0.25) is 16.0 Å². The van der Waals surface area contributed by atoms with E-state index < -0.39 is 15.8 Å². The Balaban J connectivity index is 2.71. The van der Waals surface area contributed by atoms with Crippen LogP contribution >= 0.6 is 0 Å². The topological polar surface area (TPSA) is 98.6 Å². The summed E-state index contributed by atoms with van der Waals surface area (Å²) in [6.07, 6.45) is 2.88. The van der Waals surface area contributed by atoms with Crippen molar-refractivity contribution in [3.8, 4) is 6.07 Å². The van der Waals surface area contributed by atoms with E-state index in [-0.39, 0.29) is 5.95 Å². The Bertz CT molecular complexity index is 374. The lowest BCUT2D eigenvalue weighted by Gasteiger charge is -1.98. The molecule has 0 atom stereocenters. The van der Waals surface area contributed by atoms with Gasteiger partial charge in [-0.3, -0.25) is 4.72 Å². The van der Waals surface area contributed by atoms with Crippen LogP contribution in [0.25, 0.3) is 0 Å². The van der Waals surface area contributed by atoms with Crippen molar-refractivity contribution in [1.82, 2.24) is 9.97 Å². The van der Waals surface area contributed by atoms with Crippen molar-refractivity contribution in [3.63, 3.8) is 0 Å². The molecule has 0 aliphatic rings. The van der Waals surface area contributed by atoms with E-state index in [0.29, 0.717) is 0 Å². The van der Waals surface area contributed by atoms with E-state index in [9.17, 15) is 8.42 Å². The van der Waals surface area contributed by atoms with Crippen LogP contribution in [0.2, 0.25) is 0 Å². The number of imidazole rings is 1. The van der Waals surface area contributed by atoms with E-state index >= 15 is 0 Å². The second kappa shape index (κ2) is 3.23. The van der Waals surface area contributed by atoms with Gasteiger partial charge in [-0.25, -0.2) is 13.4 Å². The lowest BCUT2D eigenvalue weighted by atomic mass is 10.9. The predicted molar refractivity (Wildman–Crippen MR) is 41.6 cm³/mol. The normalized spacial score (nSPS) is 10.6. The number of aromatic amines is 1. The van der Waals surface area contributed by atoms with Crippen LogP contribution in [0.4, 0.5) is 5.95 Å². The first-order chi connectivity index (χ1) is 5.64. The molecule has 0 saturated carbocycles. The molecule has 0 aliphatic carbocycles. The van der Waals surface area contributed by atoms with Crippen LogP contribution in [0.15, 0.2) is 12.4 Å². The Hall–Kier alpha value is -1.55. The number of nitrogens with zero attached hydrogens (tertiary/aromatic N) is 2. The van der Waals surface area contributed by atoms with Crippen molar-refractivity contribution in [2.24, 2.45) is 0 Å². The van der Waals surface area contributed by atoms with Crippen LogP contribution < -0.4 is 4.72 Å². The summed E-state index contributed by atoms with van der Waals surface area (Å²) in [6.45, 7) is 0. The van der Waals surface area contributed by atoms with Gasteiger partial charge in [0, 0.05) is 12.4 Å². The highest BCUT2D eigenvalue weighted by atomic mass is 32.2. The summed E-state index contributed by atoms with van der Waals surface area (Å²) in [5.74, 6) is -0.460. The van der Waals surface area contributed by atoms with Gasteiger partial charge < -0.3 is 4.98 Å². The summed E-state index contributed by atoms with van der Waals surface area (Å²) >= 11 is 0. The quantitative estimate of drug-likeness (QED) is 0.675. The molecule has 1 aromatic heterocycles. The monoisotopic (exact) mass is 186 g/mol. The van der Waals surface area contributed by atoms with Gasteiger partial charge in [0.15, 0.2) is 5.75 Å². The van der Waals surface area contributed by atoms with Crippen molar-refractivity contribution in [3.05, 3.63) is 12.4 Å². The molecule has 0 bridgehead atoms. The zero-order valence-electron chi connectivity index (χ0n) is 5.98. The summed E-state index contributed by atoms with van der Waals surface area (Å²) < 4.78 is 23.9. The predicted octanol–water partition coefficient (Wildman–Crippen LogP) is -0.325. The summed E-state index contributed by atoms with van der Waals surface area (Å²) in [5.41, 5.74) is 0. The van der Waals surface area contributed by atoms with E-state index in [1.165, 1.54) is 18.5 Å². The van der Waals surface area contributed by atoms with Gasteiger partial charge in [-0.05, 0) is 0 Å². The average Bonchev–Trinajstić information content (AvgIpc) is 2.38. The maximum absolute atomic E-state index is 10.9. The first-order valence-corrected chi connectivity index (χ1v) is 4.66.